The van der Waals surface area contributed by atoms with Gasteiger partial charge in [-0.1, -0.05) is 36.4 Å². The summed E-state index contributed by atoms with van der Waals surface area (Å²) in [4.78, 5) is 25.1. The fourth-order valence-electron chi connectivity index (χ4n) is 2.30. The van der Waals surface area contributed by atoms with E-state index in [4.69, 9.17) is 9.47 Å². The van der Waals surface area contributed by atoms with Gasteiger partial charge in [-0.05, 0) is 18.9 Å². The lowest BCUT2D eigenvalue weighted by atomic mass is 10.2. The summed E-state index contributed by atoms with van der Waals surface area (Å²) in [5.41, 5.74) is 0.841. The molecule has 1 saturated heterocycles. The summed E-state index contributed by atoms with van der Waals surface area (Å²) in [7, 11) is -3.88. The van der Waals surface area contributed by atoms with E-state index in [1.54, 1.807) is 6.08 Å². The number of amides is 2. The minimum atomic E-state index is -3.88. The summed E-state index contributed by atoms with van der Waals surface area (Å²) >= 11 is 0. The van der Waals surface area contributed by atoms with Crippen molar-refractivity contribution < 1.29 is 27.5 Å². The van der Waals surface area contributed by atoms with Gasteiger partial charge in [0.25, 0.3) is 5.91 Å². The fourth-order valence-corrected chi connectivity index (χ4v) is 3.67. The van der Waals surface area contributed by atoms with E-state index in [2.05, 4.69) is 6.58 Å². The van der Waals surface area contributed by atoms with Crippen molar-refractivity contribution >= 4 is 22.0 Å². The van der Waals surface area contributed by atoms with Crippen LogP contribution in [0.1, 0.15) is 18.9 Å². The molecule has 1 aliphatic rings. The molecule has 0 aliphatic carbocycles. The molecule has 0 radical (unpaired) electrons. The van der Waals surface area contributed by atoms with Crippen LogP contribution in [0.4, 0.5) is 4.79 Å². The van der Waals surface area contributed by atoms with Gasteiger partial charge >= 0.3 is 6.09 Å². The lowest BCUT2D eigenvalue weighted by Crippen LogP contribution is -2.60. The highest BCUT2D eigenvalue weighted by molar-refractivity contribution is 7.90. The van der Waals surface area contributed by atoms with Crippen molar-refractivity contribution in [1.82, 2.24) is 9.62 Å². The maximum atomic E-state index is 12.2. The molecule has 1 atom stereocenters. The summed E-state index contributed by atoms with van der Waals surface area (Å²) in [6.45, 7) is 5.35. The Morgan fingerprint density at radius 3 is 2.63 bits per heavy atom. The lowest BCUT2D eigenvalue weighted by molar-refractivity contribution is -0.129. The molecule has 148 valence electrons. The molecule has 9 heteroatoms. The summed E-state index contributed by atoms with van der Waals surface area (Å²) in [5, 5.41) is -0.855. The number of hydrogen-bond donors (Lipinski definition) is 1. The average Bonchev–Trinajstić information content (AvgIpc) is 2.59. The molecule has 1 N–H and O–H groups in total. The first kappa shape index (κ1) is 20.9. The maximum Gasteiger partial charge on any atom is 0.410 e. The molecule has 2 amide bonds. The Hall–Kier alpha value is -2.39. The summed E-state index contributed by atoms with van der Waals surface area (Å²) in [6, 6.07) is 9.17. The predicted octanol–water partition coefficient (Wildman–Crippen LogP) is 1.43. The second-order valence-electron chi connectivity index (χ2n) is 6.17. The van der Waals surface area contributed by atoms with Crippen molar-refractivity contribution in [2.24, 2.45) is 0 Å². The fraction of sp³-hybridized carbons (Fsp3) is 0.444. The average molecular weight is 396 g/mol. The van der Waals surface area contributed by atoms with Crippen LogP contribution in [0.25, 0.3) is 0 Å². The van der Waals surface area contributed by atoms with Crippen LogP contribution < -0.4 is 4.72 Å². The highest BCUT2D eigenvalue weighted by Crippen LogP contribution is 2.17. The van der Waals surface area contributed by atoms with Crippen LogP contribution >= 0.6 is 0 Å². The smallest absolute Gasteiger partial charge is 0.410 e. The Balaban J connectivity index is 1.75. The van der Waals surface area contributed by atoms with Gasteiger partial charge in [-0.25, -0.2) is 13.2 Å². The molecule has 0 unspecified atom stereocenters. The second kappa shape index (κ2) is 9.52. The van der Waals surface area contributed by atoms with Crippen LogP contribution in [0.3, 0.4) is 0 Å². The molecule has 27 heavy (non-hydrogen) atoms. The van der Waals surface area contributed by atoms with Crippen LogP contribution in [0.15, 0.2) is 43.0 Å². The minimum absolute atomic E-state index is 0.0259. The van der Waals surface area contributed by atoms with Gasteiger partial charge in [0.05, 0.1) is 6.61 Å². The number of nitrogens with one attached hydrogen (secondary N) is 1. The van der Waals surface area contributed by atoms with E-state index in [0.717, 1.165) is 5.56 Å². The number of likely N-dealkylation sites (tertiary alicyclic amines) is 1. The van der Waals surface area contributed by atoms with E-state index in [1.807, 2.05) is 35.1 Å². The van der Waals surface area contributed by atoms with E-state index in [0.29, 0.717) is 6.42 Å². The van der Waals surface area contributed by atoms with Crippen LogP contribution in [0, 0.1) is 0 Å². The number of nitrogens with zero attached hydrogens (tertiary/aromatic N) is 1. The number of ether oxygens (including phenoxy) is 2. The highest BCUT2D eigenvalue weighted by atomic mass is 32.2. The number of sulfonamides is 1. The molecule has 1 aromatic carbocycles. The van der Waals surface area contributed by atoms with Crippen molar-refractivity contribution in [3.8, 4) is 0 Å². The van der Waals surface area contributed by atoms with Crippen molar-refractivity contribution in [1.29, 1.82) is 0 Å². The normalized spacial score (nSPS) is 15.5. The standard InChI is InChI=1S/C18H24N2O6S/c1-3-4-10-25-14(2)17(21)19-27(23,24)16-11-20(12-16)18(22)26-13-15-8-6-5-7-9-15/h3,5-9,14,16H,1,4,10-13H2,2H3,(H,19,21)/t14-/m1/s1. The third kappa shape index (κ3) is 6.07. The summed E-state index contributed by atoms with van der Waals surface area (Å²) < 4.78 is 36.8. The summed E-state index contributed by atoms with van der Waals surface area (Å²) in [5.74, 6) is -0.732. The molecule has 1 fully saturated rings. The Kier molecular flexibility index (Phi) is 7.37. The van der Waals surface area contributed by atoms with Crippen LogP contribution in [0.2, 0.25) is 0 Å². The van der Waals surface area contributed by atoms with E-state index in [1.165, 1.54) is 11.8 Å². The molecule has 0 aromatic heterocycles. The van der Waals surface area contributed by atoms with Gasteiger partial charge in [-0.15, -0.1) is 6.58 Å². The number of carbonyl (C=O) groups is 2. The molecule has 8 nitrogen and oxygen atoms in total. The Morgan fingerprint density at radius 2 is 2.00 bits per heavy atom. The zero-order valence-electron chi connectivity index (χ0n) is 15.2. The second-order valence-corrected chi connectivity index (χ2v) is 8.13. The monoisotopic (exact) mass is 396 g/mol. The van der Waals surface area contributed by atoms with Crippen molar-refractivity contribution in [3.63, 3.8) is 0 Å². The third-order valence-corrected chi connectivity index (χ3v) is 5.71. The molecule has 1 aromatic rings. The zero-order valence-corrected chi connectivity index (χ0v) is 16.0. The number of hydrogen-bond acceptors (Lipinski definition) is 6. The Morgan fingerprint density at radius 1 is 1.33 bits per heavy atom. The zero-order chi connectivity index (χ0) is 19.9. The van der Waals surface area contributed by atoms with Gasteiger partial charge in [-0.3, -0.25) is 9.52 Å². The third-order valence-electron chi connectivity index (χ3n) is 4.05. The van der Waals surface area contributed by atoms with E-state index < -0.39 is 33.4 Å². The molecule has 0 bridgehead atoms. The van der Waals surface area contributed by atoms with Crippen molar-refractivity contribution in [2.45, 2.75) is 31.3 Å². The maximum absolute atomic E-state index is 12.2. The quantitative estimate of drug-likeness (QED) is 0.501. The predicted molar refractivity (Wildman–Crippen MR) is 99.3 cm³/mol. The first-order chi connectivity index (χ1) is 12.8. The number of rotatable bonds is 9. The first-order valence-corrected chi connectivity index (χ1v) is 10.1. The Bertz CT molecular complexity index is 759. The van der Waals surface area contributed by atoms with Gasteiger partial charge in [0.1, 0.15) is 18.0 Å². The molecular formula is C18H24N2O6S. The van der Waals surface area contributed by atoms with Crippen molar-refractivity contribution in [3.05, 3.63) is 48.6 Å². The lowest BCUT2D eigenvalue weighted by Gasteiger charge is -2.37. The van der Waals surface area contributed by atoms with Gasteiger partial charge in [0.15, 0.2) is 0 Å². The SMILES string of the molecule is C=CCCO[C@H](C)C(=O)NS(=O)(=O)C1CN(C(=O)OCc2ccccc2)C1. The summed E-state index contributed by atoms with van der Waals surface area (Å²) in [6.07, 6.45) is 0.721. The molecule has 0 saturated carbocycles. The molecule has 2 rings (SSSR count). The van der Waals surface area contributed by atoms with Gasteiger partial charge in [-0.2, -0.15) is 0 Å². The largest absolute Gasteiger partial charge is 0.445 e. The Labute approximate surface area is 159 Å². The van der Waals surface area contributed by atoms with E-state index in [9.17, 15) is 18.0 Å². The van der Waals surface area contributed by atoms with Gasteiger partial charge < -0.3 is 14.4 Å². The van der Waals surface area contributed by atoms with Crippen LogP contribution in [-0.2, 0) is 30.9 Å². The molecule has 1 heterocycles. The van der Waals surface area contributed by atoms with Crippen molar-refractivity contribution in [2.75, 3.05) is 19.7 Å². The topological polar surface area (TPSA) is 102 Å². The minimum Gasteiger partial charge on any atom is -0.445 e. The molecule has 1 aliphatic heterocycles. The van der Waals surface area contributed by atoms with Gasteiger partial charge in [0, 0.05) is 13.1 Å². The van der Waals surface area contributed by atoms with Crippen LogP contribution in [-0.4, -0.2) is 56.4 Å². The van der Waals surface area contributed by atoms with E-state index >= 15 is 0 Å². The van der Waals surface area contributed by atoms with Crippen LogP contribution in [0.5, 0.6) is 0 Å². The number of carbonyl (C=O) groups excluding carboxylic acids is 2. The molecular weight excluding hydrogens is 372 g/mol. The highest BCUT2D eigenvalue weighted by Gasteiger charge is 2.41. The molecule has 0 spiro atoms. The number of benzene rings is 1. The van der Waals surface area contributed by atoms with Gasteiger partial charge in [0.2, 0.25) is 10.0 Å². The van der Waals surface area contributed by atoms with E-state index in [-0.39, 0.29) is 26.3 Å². The first-order valence-electron chi connectivity index (χ1n) is 8.57.